The Kier molecular flexibility index (Phi) is 9.14. The Balaban J connectivity index is 2.12. The number of carbonyl (C=O) groups excluding carboxylic acids is 2. The number of amides is 2. The highest BCUT2D eigenvalue weighted by atomic mass is 35.5. The molecule has 3 aromatic rings. The molecule has 0 aliphatic heterocycles. The molecule has 39 heavy (non-hydrogen) atoms. The second-order valence-electron chi connectivity index (χ2n) is 12.5. The predicted molar refractivity (Wildman–Crippen MR) is 157 cm³/mol. The van der Waals surface area contributed by atoms with Crippen LogP contribution in [0.3, 0.4) is 0 Å². The van der Waals surface area contributed by atoms with E-state index in [1.54, 1.807) is 59.7 Å². The van der Waals surface area contributed by atoms with Crippen LogP contribution in [0.25, 0.3) is 22.2 Å². The van der Waals surface area contributed by atoms with E-state index in [0.717, 1.165) is 16.3 Å². The van der Waals surface area contributed by atoms with Gasteiger partial charge in [0, 0.05) is 43.6 Å². The first-order valence-corrected chi connectivity index (χ1v) is 17.0. The van der Waals surface area contributed by atoms with Gasteiger partial charge in [-0.1, -0.05) is 31.2 Å². The van der Waals surface area contributed by atoms with E-state index in [1.807, 2.05) is 16.8 Å². The summed E-state index contributed by atoms with van der Waals surface area (Å²) in [4.78, 5) is 36.5. The van der Waals surface area contributed by atoms with Crippen LogP contribution in [0.5, 0.6) is 0 Å². The van der Waals surface area contributed by atoms with Gasteiger partial charge >= 0.3 is 12.2 Å². The van der Waals surface area contributed by atoms with Gasteiger partial charge in [0.25, 0.3) is 0 Å². The smallest absolute Gasteiger partial charge is 0.425 e. The third kappa shape index (κ3) is 8.51. The number of rotatable bonds is 7. The van der Waals surface area contributed by atoms with Crippen molar-refractivity contribution in [2.75, 3.05) is 11.5 Å². The summed E-state index contributed by atoms with van der Waals surface area (Å²) in [6, 6.07) is 8.09. The van der Waals surface area contributed by atoms with Crippen LogP contribution in [0.1, 0.15) is 41.5 Å². The molecule has 0 saturated heterocycles. The standard InChI is InChI=1S/C28H39ClN4O5Si/c1-27(2,3)37-25(34)33(26(35)38-28(4,5)6)23-19(11-10-14-30-23)21-17-32(18-36-15-16-39(7,8)9)24-20(21)12-13-22(29)31-24/h10-14,17H,15-16,18H2,1-9H3. The fourth-order valence-electron chi connectivity index (χ4n) is 3.64. The van der Waals surface area contributed by atoms with Crippen LogP contribution in [-0.2, 0) is 20.9 Å². The van der Waals surface area contributed by atoms with Crippen LogP contribution in [0.2, 0.25) is 30.8 Å². The molecule has 0 saturated carbocycles. The molecule has 9 nitrogen and oxygen atoms in total. The van der Waals surface area contributed by atoms with Crippen molar-refractivity contribution in [1.29, 1.82) is 0 Å². The van der Waals surface area contributed by atoms with Crippen LogP contribution < -0.4 is 4.90 Å². The normalized spacial score (nSPS) is 12.5. The van der Waals surface area contributed by atoms with Crippen molar-refractivity contribution in [3.63, 3.8) is 0 Å². The van der Waals surface area contributed by atoms with Crippen molar-refractivity contribution in [3.05, 3.63) is 41.8 Å². The molecule has 0 fully saturated rings. The van der Waals surface area contributed by atoms with E-state index < -0.39 is 31.5 Å². The van der Waals surface area contributed by atoms with Crippen molar-refractivity contribution in [2.45, 2.75) is 85.2 Å². The molecular formula is C28H39ClN4O5Si. The van der Waals surface area contributed by atoms with Gasteiger partial charge in [-0.05, 0) is 71.9 Å². The summed E-state index contributed by atoms with van der Waals surface area (Å²) in [7, 11) is -1.25. The van der Waals surface area contributed by atoms with E-state index in [1.165, 1.54) is 6.20 Å². The van der Waals surface area contributed by atoms with E-state index in [2.05, 4.69) is 29.6 Å². The highest BCUT2D eigenvalue weighted by Crippen LogP contribution is 2.37. The largest absolute Gasteiger partial charge is 0.443 e. The number of nitrogens with zero attached hydrogens (tertiary/aromatic N) is 4. The van der Waals surface area contributed by atoms with Crippen LogP contribution in [0.4, 0.5) is 15.4 Å². The lowest BCUT2D eigenvalue weighted by Gasteiger charge is -2.28. The monoisotopic (exact) mass is 574 g/mol. The Hall–Kier alpha value is -2.95. The summed E-state index contributed by atoms with van der Waals surface area (Å²) in [5.74, 6) is 0.0784. The van der Waals surface area contributed by atoms with Gasteiger partial charge in [0.1, 0.15) is 28.7 Å². The molecule has 3 heterocycles. The SMILES string of the molecule is CC(C)(C)OC(=O)N(C(=O)OC(C)(C)C)c1ncccc1-c1cn(COCC[Si](C)(C)C)c2nc(Cl)ccc12. The average molecular weight is 575 g/mol. The van der Waals surface area contributed by atoms with Crippen molar-refractivity contribution in [2.24, 2.45) is 0 Å². The van der Waals surface area contributed by atoms with Crippen molar-refractivity contribution in [3.8, 4) is 11.1 Å². The van der Waals surface area contributed by atoms with Crippen LogP contribution >= 0.6 is 11.6 Å². The Morgan fingerprint density at radius 3 is 2.15 bits per heavy atom. The quantitative estimate of drug-likeness (QED) is 0.162. The summed E-state index contributed by atoms with van der Waals surface area (Å²) in [5, 5.41) is 1.10. The molecule has 3 rings (SSSR count). The summed E-state index contributed by atoms with van der Waals surface area (Å²) in [6.45, 7) is 18.1. The average Bonchev–Trinajstić information content (AvgIpc) is 3.11. The summed E-state index contributed by atoms with van der Waals surface area (Å²) < 4.78 is 19.0. The molecule has 0 N–H and O–H groups in total. The maximum absolute atomic E-state index is 13.4. The van der Waals surface area contributed by atoms with Gasteiger partial charge in [0.15, 0.2) is 5.82 Å². The number of fused-ring (bicyclic) bond motifs is 1. The Bertz CT molecular complexity index is 1310. The van der Waals surface area contributed by atoms with Gasteiger partial charge in [-0.2, -0.15) is 4.90 Å². The number of hydrogen-bond donors (Lipinski definition) is 0. The Morgan fingerprint density at radius 1 is 0.974 bits per heavy atom. The lowest BCUT2D eigenvalue weighted by atomic mass is 10.1. The van der Waals surface area contributed by atoms with E-state index in [-0.39, 0.29) is 12.5 Å². The van der Waals surface area contributed by atoms with Crippen LogP contribution in [-0.4, -0.2) is 52.6 Å². The molecule has 0 atom stereocenters. The fourth-order valence-corrected chi connectivity index (χ4v) is 4.54. The zero-order chi connectivity index (χ0) is 29.2. The molecular weight excluding hydrogens is 536 g/mol. The number of anilines is 1. The number of imide groups is 1. The highest BCUT2D eigenvalue weighted by molar-refractivity contribution is 6.76. The fraction of sp³-hybridized carbons (Fsp3) is 0.500. The molecule has 0 unspecified atom stereocenters. The van der Waals surface area contributed by atoms with Crippen molar-refractivity contribution in [1.82, 2.24) is 14.5 Å². The zero-order valence-corrected chi connectivity index (χ0v) is 26.0. The number of hydrogen-bond acceptors (Lipinski definition) is 7. The number of ether oxygens (including phenoxy) is 3. The molecule has 11 heteroatoms. The minimum atomic E-state index is -1.25. The van der Waals surface area contributed by atoms with Crippen LogP contribution in [0, 0.1) is 0 Å². The van der Waals surface area contributed by atoms with Crippen molar-refractivity contribution >= 4 is 48.7 Å². The number of halogens is 1. The Labute approximate surface area is 236 Å². The lowest BCUT2D eigenvalue weighted by molar-refractivity contribution is 0.0429. The first-order valence-electron chi connectivity index (χ1n) is 12.9. The molecule has 0 radical (unpaired) electrons. The lowest BCUT2D eigenvalue weighted by Crippen LogP contribution is -2.44. The molecule has 0 bridgehead atoms. The molecule has 0 aliphatic rings. The van der Waals surface area contributed by atoms with Gasteiger partial charge in [-0.3, -0.25) is 0 Å². The van der Waals surface area contributed by atoms with E-state index in [0.29, 0.717) is 28.5 Å². The summed E-state index contributed by atoms with van der Waals surface area (Å²) in [6.07, 6.45) is 1.59. The topological polar surface area (TPSA) is 95.8 Å². The zero-order valence-electron chi connectivity index (χ0n) is 24.3. The third-order valence-corrected chi connectivity index (χ3v) is 7.27. The number of carbonyl (C=O) groups is 2. The molecule has 3 aromatic heterocycles. The van der Waals surface area contributed by atoms with Gasteiger partial charge in [-0.25, -0.2) is 19.6 Å². The van der Waals surface area contributed by atoms with Gasteiger partial charge in [0.05, 0.1) is 0 Å². The minimum absolute atomic E-state index is 0.0784. The van der Waals surface area contributed by atoms with Crippen LogP contribution in [0.15, 0.2) is 36.7 Å². The highest BCUT2D eigenvalue weighted by Gasteiger charge is 2.35. The first-order chi connectivity index (χ1) is 18.0. The molecule has 2 amide bonds. The molecule has 0 aliphatic carbocycles. The Morgan fingerprint density at radius 2 is 1.59 bits per heavy atom. The first kappa shape index (κ1) is 30.6. The van der Waals surface area contributed by atoms with Gasteiger partial charge < -0.3 is 18.8 Å². The second kappa shape index (κ2) is 11.7. The maximum atomic E-state index is 13.4. The molecule has 212 valence electrons. The van der Waals surface area contributed by atoms with Crippen molar-refractivity contribution < 1.29 is 23.8 Å². The van der Waals surface area contributed by atoms with E-state index >= 15 is 0 Å². The molecule has 0 spiro atoms. The third-order valence-electron chi connectivity index (χ3n) is 5.36. The minimum Gasteiger partial charge on any atom is -0.443 e. The number of aromatic nitrogens is 3. The van der Waals surface area contributed by atoms with E-state index in [4.69, 9.17) is 25.8 Å². The summed E-state index contributed by atoms with van der Waals surface area (Å²) in [5.41, 5.74) is 0.126. The second-order valence-corrected chi connectivity index (χ2v) is 18.5. The molecule has 0 aromatic carbocycles. The van der Waals surface area contributed by atoms with E-state index in [9.17, 15) is 9.59 Å². The summed E-state index contributed by atoms with van der Waals surface area (Å²) >= 11 is 6.25. The van der Waals surface area contributed by atoms with Gasteiger partial charge in [0.2, 0.25) is 0 Å². The van der Waals surface area contributed by atoms with Gasteiger partial charge in [-0.15, -0.1) is 0 Å². The predicted octanol–water partition coefficient (Wildman–Crippen LogP) is 7.74. The maximum Gasteiger partial charge on any atom is 0.425 e. The number of pyridine rings is 2.